The molecule has 2 aliphatic rings. The fraction of sp³-hybridized carbons (Fsp3) is 0. The summed E-state index contributed by atoms with van der Waals surface area (Å²) < 4.78 is 0. The van der Waals surface area contributed by atoms with Crippen LogP contribution >= 0.6 is 0 Å². The van der Waals surface area contributed by atoms with E-state index in [0.717, 1.165) is 55.3 Å². The zero-order valence-electron chi connectivity index (χ0n) is 15.5. The smallest absolute Gasteiger partial charge is 0.119 e. The van der Waals surface area contributed by atoms with Crippen LogP contribution in [0.5, 0.6) is 0 Å². The number of nitrogens with one attached hydrogen (secondary N) is 1. The van der Waals surface area contributed by atoms with Crippen molar-refractivity contribution in [2.45, 2.75) is 0 Å². The highest BCUT2D eigenvalue weighted by atomic mass is 15.1. The molecule has 4 aromatic rings. The van der Waals surface area contributed by atoms with E-state index in [1.54, 1.807) is 0 Å². The van der Waals surface area contributed by atoms with E-state index in [9.17, 15) is 0 Å². The summed E-state index contributed by atoms with van der Waals surface area (Å²) in [6.45, 7) is 0. The minimum atomic E-state index is 0.821. The number of H-pyrrole nitrogens is 1. The van der Waals surface area contributed by atoms with Crippen molar-refractivity contribution < 1.29 is 0 Å². The molecule has 29 heavy (non-hydrogen) atoms. The summed E-state index contributed by atoms with van der Waals surface area (Å²) in [5, 5.41) is 13.7. The Kier molecular flexibility index (Phi) is 3.43. The summed E-state index contributed by atoms with van der Waals surface area (Å²) >= 11 is 0. The number of hydrogen-bond acceptors (Lipinski definition) is 3. The lowest BCUT2D eigenvalue weighted by atomic mass is 10.1. The fourth-order valence-electron chi connectivity index (χ4n) is 3.95. The van der Waals surface area contributed by atoms with Crippen LogP contribution in [0.4, 0.5) is 11.4 Å². The van der Waals surface area contributed by atoms with Gasteiger partial charge in [-0.25, -0.2) is 4.98 Å². The molecule has 4 heteroatoms. The standard InChI is InChI=1S/C25H16N4/c1-2-10-17-16(8-1)9-7-15-20(17)28-29-24-19-12-4-3-11-18(19)23-25(24)27-22-14-6-5-13-21(22)26-23/h1-15,27H. The lowest BCUT2D eigenvalue weighted by molar-refractivity contribution is 1.23. The molecule has 1 aliphatic heterocycles. The average molecular weight is 372 g/mol. The highest BCUT2D eigenvalue weighted by molar-refractivity contribution is 6.11. The van der Waals surface area contributed by atoms with Crippen molar-refractivity contribution in [1.29, 1.82) is 0 Å². The second-order valence-corrected chi connectivity index (χ2v) is 7.07. The average Bonchev–Trinajstić information content (AvgIpc) is 3.09. The van der Waals surface area contributed by atoms with E-state index in [1.165, 1.54) is 0 Å². The van der Waals surface area contributed by atoms with Crippen LogP contribution in [-0.4, -0.2) is 9.97 Å². The van der Waals surface area contributed by atoms with Crippen molar-refractivity contribution in [3.63, 3.8) is 0 Å². The van der Waals surface area contributed by atoms with Crippen molar-refractivity contribution >= 4 is 44.0 Å². The maximum absolute atomic E-state index is 4.90. The number of fused-ring (bicyclic) bond motifs is 5. The maximum Gasteiger partial charge on any atom is 0.119 e. The SMILES string of the molecule is c1ccc2c(N=Nc3c4[nH]c5ccccc5nc-4c4ccccc34)cccc2c1. The van der Waals surface area contributed by atoms with E-state index < -0.39 is 0 Å². The van der Waals surface area contributed by atoms with Crippen LogP contribution in [0, 0.1) is 0 Å². The maximum atomic E-state index is 4.90. The Bertz CT molecular complexity index is 1500. The van der Waals surface area contributed by atoms with Crippen molar-refractivity contribution in [1.82, 2.24) is 9.97 Å². The largest absolute Gasteiger partial charge is 0.350 e. The number of nitrogens with zero attached hydrogens (tertiary/aromatic N) is 3. The van der Waals surface area contributed by atoms with Gasteiger partial charge in [-0.1, -0.05) is 72.8 Å². The summed E-state index contributed by atoms with van der Waals surface area (Å²) in [7, 11) is 0. The zero-order valence-corrected chi connectivity index (χ0v) is 15.5. The minimum Gasteiger partial charge on any atom is -0.350 e. The number of aromatic nitrogens is 2. The molecule has 1 heterocycles. The van der Waals surface area contributed by atoms with Gasteiger partial charge in [-0.3, -0.25) is 0 Å². The van der Waals surface area contributed by atoms with Gasteiger partial charge in [-0.15, -0.1) is 10.2 Å². The molecule has 136 valence electrons. The number of azo groups is 1. The van der Waals surface area contributed by atoms with E-state index in [-0.39, 0.29) is 0 Å². The third-order valence-corrected chi connectivity index (χ3v) is 5.33. The van der Waals surface area contributed by atoms with Gasteiger partial charge in [0.25, 0.3) is 0 Å². The summed E-state index contributed by atoms with van der Waals surface area (Å²) in [4.78, 5) is 8.42. The van der Waals surface area contributed by atoms with Crippen LogP contribution in [-0.2, 0) is 0 Å². The van der Waals surface area contributed by atoms with Crippen molar-refractivity contribution in [3.8, 4) is 11.4 Å². The van der Waals surface area contributed by atoms with Crippen LogP contribution < -0.4 is 0 Å². The Balaban J connectivity index is 1.62. The van der Waals surface area contributed by atoms with Crippen LogP contribution in [0.3, 0.4) is 0 Å². The van der Waals surface area contributed by atoms with Gasteiger partial charge in [0.05, 0.1) is 28.1 Å². The molecule has 6 rings (SSSR count). The first kappa shape index (κ1) is 16.0. The van der Waals surface area contributed by atoms with Gasteiger partial charge in [0.15, 0.2) is 0 Å². The molecule has 0 saturated heterocycles. The zero-order chi connectivity index (χ0) is 19.2. The summed E-state index contributed by atoms with van der Waals surface area (Å²) in [5.74, 6) is 0. The summed E-state index contributed by atoms with van der Waals surface area (Å²) in [6, 6.07) is 30.6. The van der Waals surface area contributed by atoms with Crippen molar-refractivity contribution in [3.05, 3.63) is 91.0 Å². The van der Waals surface area contributed by atoms with Crippen LogP contribution in [0.1, 0.15) is 0 Å². The quantitative estimate of drug-likeness (QED) is 0.317. The van der Waals surface area contributed by atoms with Crippen LogP contribution in [0.25, 0.3) is 44.0 Å². The molecule has 0 radical (unpaired) electrons. The Hall–Kier alpha value is -4.05. The second-order valence-electron chi connectivity index (χ2n) is 7.07. The van der Waals surface area contributed by atoms with Crippen molar-refractivity contribution in [2.24, 2.45) is 10.2 Å². The van der Waals surface area contributed by atoms with Gasteiger partial charge in [-0.2, -0.15) is 0 Å². The Labute approximate surface area is 166 Å². The normalized spacial score (nSPS) is 12.0. The van der Waals surface area contributed by atoms with Gasteiger partial charge < -0.3 is 4.98 Å². The second kappa shape index (κ2) is 6.24. The van der Waals surface area contributed by atoms with E-state index in [2.05, 4.69) is 40.4 Å². The molecule has 0 unspecified atom stereocenters. The van der Waals surface area contributed by atoms with Crippen molar-refractivity contribution in [2.75, 3.05) is 0 Å². The molecule has 0 amide bonds. The Morgan fingerprint density at radius 2 is 1.34 bits per heavy atom. The molecule has 1 aliphatic carbocycles. The molecule has 4 nitrogen and oxygen atoms in total. The molecular weight excluding hydrogens is 356 g/mol. The molecule has 0 aromatic heterocycles. The van der Waals surface area contributed by atoms with Gasteiger partial charge in [-0.05, 0) is 23.6 Å². The third-order valence-electron chi connectivity index (χ3n) is 5.33. The van der Waals surface area contributed by atoms with E-state index >= 15 is 0 Å². The molecule has 0 spiro atoms. The fourth-order valence-corrected chi connectivity index (χ4v) is 3.95. The van der Waals surface area contributed by atoms with Crippen LogP contribution in [0.15, 0.2) is 101 Å². The number of aromatic amines is 1. The molecule has 1 N–H and O–H groups in total. The third kappa shape index (κ3) is 2.50. The lowest BCUT2D eigenvalue weighted by Gasteiger charge is -2.05. The van der Waals surface area contributed by atoms with Gasteiger partial charge in [0.1, 0.15) is 5.69 Å². The van der Waals surface area contributed by atoms with Gasteiger partial charge in [0, 0.05) is 16.2 Å². The number of para-hydroxylation sites is 2. The number of rotatable bonds is 2. The van der Waals surface area contributed by atoms with Gasteiger partial charge in [0.2, 0.25) is 0 Å². The van der Waals surface area contributed by atoms with E-state index in [1.807, 2.05) is 60.7 Å². The molecule has 0 bridgehead atoms. The number of benzene rings is 4. The molecule has 0 fully saturated rings. The molecule has 0 saturated carbocycles. The number of hydrogen-bond donors (Lipinski definition) is 1. The first-order valence-corrected chi connectivity index (χ1v) is 9.57. The topological polar surface area (TPSA) is 53.4 Å². The summed E-state index contributed by atoms with van der Waals surface area (Å²) in [5.41, 5.74) is 5.43. The highest BCUT2D eigenvalue weighted by Gasteiger charge is 2.20. The van der Waals surface area contributed by atoms with Crippen LogP contribution in [0.2, 0.25) is 0 Å². The summed E-state index contributed by atoms with van der Waals surface area (Å²) in [6.07, 6.45) is 0. The van der Waals surface area contributed by atoms with E-state index in [0.29, 0.717) is 0 Å². The van der Waals surface area contributed by atoms with E-state index in [4.69, 9.17) is 10.1 Å². The monoisotopic (exact) mass is 372 g/mol. The first-order valence-electron chi connectivity index (χ1n) is 9.57. The predicted octanol–water partition coefficient (Wildman–Crippen LogP) is 7.39. The van der Waals surface area contributed by atoms with Gasteiger partial charge >= 0.3 is 0 Å². The molecule has 0 atom stereocenters. The lowest BCUT2D eigenvalue weighted by Crippen LogP contribution is -1.89. The Morgan fingerprint density at radius 1 is 0.621 bits per heavy atom. The first-order chi connectivity index (χ1) is 14.4. The predicted molar refractivity (Wildman–Crippen MR) is 118 cm³/mol. The highest BCUT2D eigenvalue weighted by Crippen LogP contribution is 2.44. The minimum absolute atomic E-state index is 0.821. The molecular formula is C25H16N4. The molecule has 4 aromatic carbocycles. The Morgan fingerprint density at radius 3 is 2.28 bits per heavy atom.